The predicted octanol–water partition coefficient (Wildman–Crippen LogP) is 4.60. The summed E-state index contributed by atoms with van der Waals surface area (Å²) in [7, 11) is 0. The van der Waals surface area contributed by atoms with Crippen LogP contribution in [0, 0.1) is 11.8 Å². The molecular weight excluding hydrogens is 144 g/mol. The quantitative estimate of drug-likeness (QED) is 0.522. The van der Waals surface area contributed by atoms with Gasteiger partial charge in [0.05, 0.1) is 0 Å². The van der Waals surface area contributed by atoms with Crippen LogP contribution in [-0.2, 0) is 0 Å². The smallest absolute Gasteiger partial charge is 0.0297 e. The second kappa shape index (κ2) is 6.51. The molecule has 0 aliphatic carbocycles. The molecule has 0 aromatic heterocycles. The van der Waals surface area contributed by atoms with E-state index in [1.807, 2.05) is 0 Å². The van der Waals surface area contributed by atoms with E-state index in [0.717, 1.165) is 0 Å². The first-order valence-electron chi connectivity index (χ1n) is 5.49. The minimum atomic E-state index is 0.520. The lowest BCUT2D eigenvalue weighted by Crippen LogP contribution is -2.15. The van der Waals surface area contributed by atoms with E-state index in [4.69, 9.17) is 0 Å². The first-order valence-corrected chi connectivity index (χ1v) is 5.49. The van der Waals surface area contributed by atoms with E-state index >= 15 is 0 Å². The molecule has 0 unspecified atom stereocenters. The van der Waals surface area contributed by atoms with E-state index in [1.54, 1.807) is 0 Å². The van der Waals surface area contributed by atoms with E-state index in [2.05, 4.69) is 34.1 Å². The van der Waals surface area contributed by atoms with Gasteiger partial charge in [0, 0.05) is 0 Å². The molecule has 0 heteroatoms. The average Bonchev–Trinajstić information content (AvgIpc) is 2.11. The normalized spacial score (nSPS) is 12.0. The fourth-order valence-electron chi connectivity index (χ4n) is 1.57. The topological polar surface area (TPSA) is 0 Å². The molecule has 0 spiro atoms. The molecule has 0 aromatic rings. The van der Waals surface area contributed by atoms with Crippen molar-refractivity contribution in [1.29, 1.82) is 0 Å². The van der Waals surface area contributed by atoms with Crippen LogP contribution in [-0.4, -0.2) is 0 Å². The van der Waals surface area contributed by atoms with Crippen molar-refractivity contribution in [1.82, 2.24) is 0 Å². The molecule has 0 rings (SSSR count). The third-order valence-electron chi connectivity index (χ3n) is 2.90. The van der Waals surface area contributed by atoms with Crippen LogP contribution in [0.25, 0.3) is 0 Å². The number of hydrogen-bond acceptors (Lipinski definition) is 0. The zero-order valence-electron chi connectivity index (χ0n) is 9.32. The van der Waals surface area contributed by atoms with Crippen LogP contribution in [0.2, 0.25) is 0 Å². The molecule has 0 fully saturated rings. The van der Waals surface area contributed by atoms with Gasteiger partial charge in [0.2, 0.25) is 0 Å². The molecule has 0 bridgehead atoms. The van der Waals surface area contributed by atoms with Gasteiger partial charge in [-0.05, 0) is 24.7 Å². The molecule has 0 aliphatic heterocycles. The van der Waals surface area contributed by atoms with Gasteiger partial charge in [-0.2, -0.15) is 0 Å². The van der Waals surface area contributed by atoms with Crippen LogP contribution in [0.5, 0.6) is 0 Å². The molecule has 12 heavy (non-hydrogen) atoms. The van der Waals surface area contributed by atoms with E-state index < -0.39 is 0 Å². The van der Waals surface area contributed by atoms with Crippen LogP contribution in [0.4, 0.5) is 0 Å². The fourth-order valence-corrected chi connectivity index (χ4v) is 1.57. The van der Waals surface area contributed by atoms with Crippen molar-refractivity contribution in [2.45, 2.75) is 66.2 Å². The summed E-state index contributed by atoms with van der Waals surface area (Å²) in [6.07, 6.45) is 10.6. The summed E-state index contributed by atoms with van der Waals surface area (Å²) in [5.41, 5.74) is 0.520. The number of hydrogen-bond donors (Lipinski definition) is 0. The molecule has 0 heterocycles. The molecule has 0 amide bonds. The Morgan fingerprint density at radius 2 is 1.42 bits per heavy atom. The molecule has 1 radical (unpaired) electrons. The highest BCUT2D eigenvalue weighted by Crippen LogP contribution is 2.32. The van der Waals surface area contributed by atoms with Gasteiger partial charge < -0.3 is 0 Å². The Bertz CT molecular complexity index is 86.2. The molecule has 0 aromatic carbocycles. The Kier molecular flexibility index (Phi) is 6.51. The number of unbranched alkanes of at least 4 members (excludes halogenated alkanes) is 2. The maximum Gasteiger partial charge on any atom is -0.0297 e. The molecule has 0 aliphatic rings. The maximum atomic E-state index is 2.40. The summed E-state index contributed by atoms with van der Waals surface area (Å²) in [6.45, 7) is 9.16. The number of rotatable bonds is 7. The first-order chi connectivity index (χ1) is 5.68. The van der Waals surface area contributed by atoms with Crippen LogP contribution in [0.3, 0.4) is 0 Å². The third-order valence-corrected chi connectivity index (χ3v) is 2.90. The zero-order valence-corrected chi connectivity index (χ0v) is 9.32. The van der Waals surface area contributed by atoms with Crippen molar-refractivity contribution < 1.29 is 0 Å². The van der Waals surface area contributed by atoms with E-state index in [0.29, 0.717) is 5.41 Å². The Labute approximate surface area is 78.8 Å². The summed E-state index contributed by atoms with van der Waals surface area (Å²) < 4.78 is 0. The largest absolute Gasteiger partial charge is 0.0654 e. The van der Waals surface area contributed by atoms with Crippen molar-refractivity contribution in [3.8, 4) is 0 Å². The summed E-state index contributed by atoms with van der Waals surface area (Å²) in [6, 6.07) is 0. The van der Waals surface area contributed by atoms with E-state index in [9.17, 15) is 0 Å². The average molecular weight is 169 g/mol. The predicted molar refractivity (Wildman–Crippen MR) is 57.1 cm³/mol. The lowest BCUT2D eigenvalue weighted by Gasteiger charge is -2.27. The van der Waals surface area contributed by atoms with Gasteiger partial charge in [0.1, 0.15) is 0 Å². The van der Waals surface area contributed by atoms with Gasteiger partial charge in [0.15, 0.2) is 0 Å². The summed E-state index contributed by atoms with van der Waals surface area (Å²) in [5.74, 6) is 0. The summed E-state index contributed by atoms with van der Waals surface area (Å²) >= 11 is 0. The summed E-state index contributed by atoms with van der Waals surface area (Å²) in [4.78, 5) is 0. The van der Waals surface area contributed by atoms with Gasteiger partial charge in [-0.1, -0.05) is 53.4 Å². The SMILES string of the molecule is C[CH]C(C)(CCCC)CCCC. The van der Waals surface area contributed by atoms with Crippen molar-refractivity contribution >= 4 is 0 Å². The Hall–Kier alpha value is 0. The van der Waals surface area contributed by atoms with Crippen LogP contribution < -0.4 is 0 Å². The maximum absolute atomic E-state index is 2.40. The van der Waals surface area contributed by atoms with E-state index in [1.165, 1.54) is 38.5 Å². The molecular formula is C12H25. The monoisotopic (exact) mass is 169 g/mol. The van der Waals surface area contributed by atoms with Gasteiger partial charge in [-0.3, -0.25) is 0 Å². The lowest BCUT2D eigenvalue weighted by molar-refractivity contribution is 0.309. The van der Waals surface area contributed by atoms with Crippen molar-refractivity contribution in [2.75, 3.05) is 0 Å². The zero-order chi connectivity index (χ0) is 9.45. The van der Waals surface area contributed by atoms with E-state index in [-0.39, 0.29) is 0 Å². The van der Waals surface area contributed by atoms with Crippen molar-refractivity contribution in [2.24, 2.45) is 5.41 Å². The van der Waals surface area contributed by atoms with Crippen molar-refractivity contribution in [3.05, 3.63) is 6.42 Å². The molecule has 0 N–H and O–H groups in total. The Balaban J connectivity index is 3.70. The van der Waals surface area contributed by atoms with Crippen LogP contribution >= 0.6 is 0 Å². The molecule has 0 atom stereocenters. The minimum Gasteiger partial charge on any atom is -0.0654 e. The Morgan fingerprint density at radius 3 is 1.67 bits per heavy atom. The highest BCUT2D eigenvalue weighted by molar-refractivity contribution is 4.84. The minimum absolute atomic E-state index is 0.520. The van der Waals surface area contributed by atoms with Gasteiger partial charge in [-0.15, -0.1) is 0 Å². The fraction of sp³-hybridized carbons (Fsp3) is 0.917. The molecule has 73 valence electrons. The summed E-state index contributed by atoms with van der Waals surface area (Å²) in [5, 5.41) is 0. The van der Waals surface area contributed by atoms with Crippen molar-refractivity contribution in [3.63, 3.8) is 0 Å². The van der Waals surface area contributed by atoms with Crippen LogP contribution in [0.15, 0.2) is 0 Å². The standard InChI is InChI=1S/C12H25/c1-5-8-10-12(4,7-3)11-9-6-2/h7H,5-6,8-11H2,1-4H3. The van der Waals surface area contributed by atoms with Gasteiger partial charge in [0.25, 0.3) is 0 Å². The molecule has 0 saturated heterocycles. The molecule has 0 nitrogen and oxygen atoms in total. The second-order valence-corrected chi connectivity index (χ2v) is 4.15. The van der Waals surface area contributed by atoms with Crippen LogP contribution in [0.1, 0.15) is 66.2 Å². The second-order valence-electron chi connectivity index (χ2n) is 4.15. The highest BCUT2D eigenvalue weighted by Gasteiger charge is 2.20. The first kappa shape index (κ1) is 12.0. The molecule has 0 saturated carbocycles. The Morgan fingerprint density at radius 1 is 1.00 bits per heavy atom. The lowest BCUT2D eigenvalue weighted by atomic mass is 9.78. The third kappa shape index (κ3) is 4.79. The highest BCUT2D eigenvalue weighted by atomic mass is 14.2. The van der Waals surface area contributed by atoms with Gasteiger partial charge >= 0.3 is 0 Å². The van der Waals surface area contributed by atoms with Gasteiger partial charge in [-0.25, -0.2) is 0 Å².